The second-order valence-corrected chi connectivity index (χ2v) is 6.54. The van der Waals surface area contributed by atoms with Crippen molar-refractivity contribution in [3.05, 3.63) is 108 Å². The lowest BCUT2D eigenvalue weighted by Gasteiger charge is -2.16. The maximum atomic E-state index is 13.3. The molecule has 0 spiro atoms. The molecule has 27 heavy (non-hydrogen) atoms. The molecule has 0 bridgehead atoms. The van der Waals surface area contributed by atoms with E-state index in [0.29, 0.717) is 17.5 Å². The van der Waals surface area contributed by atoms with Gasteiger partial charge in [0.25, 0.3) is 0 Å². The molecule has 0 aliphatic rings. The molecule has 0 aromatic heterocycles. The van der Waals surface area contributed by atoms with E-state index in [4.69, 9.17) is 0 Å². The molecule has 0 aliphatic heterocycles. The molecule has 2 heteroatoms. The molecule has 0 unspecified atom stereocenters. The van der Waals surface area contributed by atoms with E-state index in [-0.39, 0.29) is 12.4 Å². The van der Waals surface area contributed by atoms with Crippen molar-refractivity contribution in [3.63, 3.8) is 0 Å². The monoisotopic (exact) mass is 352 g/mol. The van der Waals surface area contributed by atoms with Gasteiger partial charge in [0.05, 0.1) is 0 Å². The Kier molecular flexibility index (Phi) is 4.82. The fraction of sp³-hybridized carbons (Fsp3) is 0.0800. The Labute approximate surface area is 158 Å². The lowest BCUT2D eigenvalue weighted by Crippen LogP contribution is -2.07. The van der Waals surface area contributed by atoms with Crippen LogP contribution < -0.4 is 0 Å². The van der Waals surface area contributed by atoms with Gasteiger partial charge in [0.15, 0.2) is 5.78 Å². The maximum absolute atomic E-state index is 13.3. The topological polar surface area (TPSA) is 37.3 Å². The van der Waals surface area contributed by atoms with Gasteiger partial charge in [-0.15, -0.1) is 0 Å². The number of aliphatic hydroxyl groups is 1. The summed E-state index contributed by atoms with van der Waals surface area (Å²) >= 11 is 0. The Morgan fingerprint density at radius 2 is 1.44 bits per heavy atom. The Balaban J connectivity index is 1.99. The maximum Gasteiger partial charge on any atom is 0.193 e. The highest BCUT2D eigenvalue weighted by Crippen LogP contribution is 2.35. The summed E-state index contributed by atoms with van der Waals surface area (Å²) in [5.41, 5.74) is 4.26. The molecule has 0 heterocycles. The van der Waals surface area contributed by atoms with Crippen LogP contribution in [-0.4, -0.2) is 17.5 Å². The summed E-state index contributed by atoms with van der Waals surface area (Å²) in [5, 5.41) is 11.8. The SMILES string of the molecule is O=C(c1ccccc1)c1cccc(CCO)c1-c1cccc2ccccc12. The summed E-state index contributed by atoms with van der Waals surface area (Å²) in [5.74, 6) is -0.00155. The zero-order chi connectivity index (χ0) is 18.6. The van der Waals surface area contributed by atoms with Gasteiger partial charge in [0.2, 0.25) is 0 Å². The van der Waals surface area contributed by atoms with E-state index in [1.807, 2.05) is 66.7 Å². The zero-order valence-corrected chi connectivity index (χ0v) is 14.9. The fourth-order valence-corrected chi connectivity index (χ4v) is 3.62. The minimum absolute atomic E-state index is 0.00155. The van der Waals surface area contributed by atoms with E-state index >= 15 is 0 Å². The Morgan fingerprint density at radius 3 is 2.26 bits per heavy atom. The molecule has 0 radical (unpaired) electrons. The molecule has 0 saturated heterocycles. The molecular formula is C25H20O2. The molecule has 0 amide bonds. The number of hydrogen-bond acceptors (Lipinski definition) is 2. The van der Waals surface area contributed by atoms with Gasteiger partial charge >= 0.3 is 0 Å². The quantitative estimate of drug-likeness (QED) is 0.497. The number of benzene rings is 4. The molecule has 0 fully saturated rings. The highest BCUT2D eigenvalue weighted by molar-refractivity contribution is 6.15. The van der Waals surface area contributed by atoms with E-state index in [9.17, 15) is 9.90 Å². The molecule has 4 aromatic rings. The van der Waals surface area contributed by atoms with Crippen LogP contribution in [0.4, 0.5) is 0 Å². The van der Waals surface area contributed by atoms with Crippen LogP contribution >= 0.6 is 0 Å². The summed E-state index contributed by atoms with van der Waals surface area (Å²) in [4.78, 5) is 13.3. The third-order valence-corrected chi connectivity index (χ3v) is 4.87. The van der Waals surface area contributed by atoms with Crippen molar-refractivity contribution in [1.29, 1.82) is 0 Å². The average Bonchev–Trinajstić information content (AvgIpc) is 2.74. The second-order valence-electron chi connectivity index (χ2n) is 6.54. The first-order chi connectivity index (χ1) is 13.3. The molecular weight excluding hydrogens is 332 g/mol. The van der Waals surface area contributed by atoms with Crippen molar-refractivity contribution in [1.82, 2.24) is 0 Å². The number of carbonyl (C=O) groups excluding carboxylic acids is 1. The van der Waals surface area contributed by atoms with Crippen molar-refractivity contribution in [3.8, 4) is 11.1 Å². The summed E-state index contributed by atoms with van der Waals surface area (Å²) in [6.07, 6.45) is 0.508. The summed E-state index contributed by atoms with van der Waals surface area (Å²) < 4.78 is 0. The smallest absolute Gasteiger partial charge is 0.193 e. The third kappa shape index (κ3) is 3.27. The van der Waals surface area contributed by atoms with Crippen LogP contribution in [-0.2, 0) is 6.42 Å². The van der Waals surface area contributed by atoms with Gasteiger partial charge in [-0.05, 0) is 33.9 Å². The first-order valence-electron chi connectivity index (χ1n) is 9.10. The van der Waals surface area contributed by atoms with E-state index in [1.54, 1.807) is 0 Å². The van der Waals surface area contributed by atoms with Gasteiger partial charge in [-0.25, -0.2) is 0 Å². The summed E-state index contributed by atoms with van der Waals surface area (Å²) in [6.45, 7) is 0.0424. The lowest BCUT2D eigenvalue weighted by molar-refractivity contribution is 0.103. The minimum atomic E-state index is -0.00155. The third-order valence-electron chi connectivity index (χ3n) is 4.87. The standard InChI is InChI=1S/C25H20O2/c26-17-16-19-12-7-15-23(25(27)20-9-2-1-3-10-20)24(19)22-14-6-11-18-8-4-5-13-21(18)22/h1-15,26H,16-17H2. The van der Waals surface area contributed by atoms with Gasteiger partial charge < -0.3 is 5.11 Å². The van der Waals surface area contributed by atoms with Crippen LogP contribution in [0, 0.1) is 0 Å². The van der Waals surface area contributed by atoms with Crippen LogP contribution in [0.5, 0.6) is 0 Å². The lowest BCUT2D eigenvalue weighted by atomic mass is 9.87. The van der Waals surface area contributed by atoms with Crippen molar-refractivity contribution in [2.45, 2.75) is 6.42 Å². The predicted molar refractivity (Wildman–Crippen MR) is 110 cm³/mol. The van der Waals surface area contributed by atoms with Crippen molar-refractivity contribution in [2.24, 2.45) is 0 Å². The number of ketones is 1. The number of aliphatic hydroxyl groups excluding tert-OH is 1. The zero-order valence-electron chi connectivity index (χ0n) is 14.9. The Hall–Kier alpha value is -3.23. The van der Waals surface area contributed by atoms with E-state index in [0.717, 1.165) is 27.5 Å². The summed E-state index contributed by atoms with van der Waals surface area (Å²) in [6, 6.07) is 29.5. The molecule has 1 N–H and O–H groups in total. The summed E-state index contributed by atoms with van der Waals surface area (Å²) in [7, 11) is 0. The first-order valence-corrected chi connectivity index (χ1v) is 9.10. The van der Waals surface area contributed by atoms with Crippen LogP contribution in [0.25, 0.3) is 21.9 Å². The molecule has 0 aliphatic carbocycles. The highest BCUT2D eigenvalue weighted by atomic mass is 16.3. The van der Waals surface area contributed by atoms with E-state index in [1.165, 1.54) is 0 Å². The normalized spacial score (nSPS) is 10.9. The number of carbonyl (C=O) groups is 1. The molecule has 0 saturated carbocycles. The molecule has 132 valence electrons. The van der Waals surface area contributed by atoms with Crippen molar-refractivity contribution in [2.75, 3.05) is 6.61 Å². The molecule has 0 atom stereocenters. The van der Waals surface area contributed by atoms with Crippen molar-refractivity contribution >= 4 is 16.6 Å². The van der Waals surface area contributed by atoms with Crippen LogP contribution in [0.3, 0.4) is 0 Å². The van der Waals surface area contributed by atoms with Crippen LogP contribution in [0.1, 0.15) is 21.5 Å². The molecule has 4 aromatic carbocycles. The highest BCUT2D eigenvalue weighted by Gasteiger charge is 2.19. The van der Waals surface area contributed by atoms with Gasteiger partial charge in [-0.1, -0.05) is 91.0 Å². The number of fused-ring (bicyclic) bond motifs is 1. The fourth-order valence-electron chi connectivity index (χ4n) is 3.62. The Morgan fingerprint density at radius 1 is 0.741 bits per heavy atom. The van der Waals surface area contributed by atoms with Crippen molar-refractivity contribution < 1.29 is 9.90 Å². The first kappa shape index (κ1) is 17.2. The van der Waals surface area contributed by atoms with E-state index < -0.39 is 0 Å². The van der Waals surface area contributed by atoms with Crippen LogP contribution in [0.2, 0.25) is 0 Å². The predicted octanol–water partition coefficient (Wildman–Crippen LogP) is 5.27. The van der Waals surface area contributed by atoms with Gasteiger partial charge in [0.1, 0.15) is 0 Å². The average molecular weight is 352 g/mol. The van der Waals surface area contributed by atoms with Gasteiger partial charge in [-0.2, -0.15) is 0 Å². The number of hydrogen-bond donors (Lipinski definition) is 1. The van der Waals surface area contributed by atoms with E-state index in [2.05, 4.69) is 24.3 Å². The Bertz CT molecular complexity index is 1090. The molecule has 4 rings (SSSR count). The van der Waals surface area contributed by atoms with Gasteiger partial charge in [0, 0.05) is 17.7 Å². The number of rotatable bonds is 5. The second kappa shape index (κ2) is 7.56. The minimum Gasteiger partial charge on any atom is -0.396 e. The largest absolute Gasteiger partial charge is 0.396 e. The molecule has 2 nitrogen and oxygen atoms in total. The van der Waals surface area contributed by atoms with Crippen LogP contribution in [0.15, 0.2) is 91.0 Å². The van der Waals surface area contributed by atoms with Gasteiger partial charge in [-0.3, -0.25) is 4.79 Å².